The summed E-state index contributed by atoms with van der Waals surface area (Å²) in [5, 5.41) is 8.83. The summed E-state index contributed by atoms with van der Waals surface area (Å²) in [7, 11) is 6.14. The van der Waals surface area contributed by atoms with E-state index in [1.54, 1.807) is 7.11 Å². The normalized spacial score (nSPS) is 19.4. The first-order valence-corrected chi connectivity index (χ1v) is 13.7. The Kier molecular flexibility index (Phi) is 6.34. The summed E-state index contributed by atoms with van der Waals surface area (Å²) in [6.45, 7) is 8.16. The van der Waals surface area contributed by atoms with Gasteiger partial charge in [0, 0.05) is 59.7 Å². The van der Waals surface area contributed by atoms with Crippen molar-refractivity contribution in [2.45, 2.75) is 65.0 Å². The minimum absolute atomic E-state index is 0.439. The summed E-state index contributed by atoms with van der Waals surface area (Å²) < 4.78 is 5.56. The smallest absolute Gasteiger partial charge is 0.160 e. The van der Waals surface area contributed by atoms with Crippen molar-refractivity contribution in [3.05, 3.63) is 64.1 Å². The van der Waals surface area contributed by atoms with Gasteiger partial charge in [0.25, 0.3) is 0 Å². The van der Waals surface area contributed by atoms with E-state index in [4.69, 9.17) is 14.7 Å². The number of hydrogen-bond acceptors (Lipinski definition) is 6. The Balaban J connectivity index is 1.48. The highest BCUT2D eigenvalue weighted by atomic mass is 16.5. The Morgan fingerprint density at radius 1 is 1.03 bits per heavy atom. The third-order valence-electron chi connectivity index (χ3n) is 8.71. The Labute approximate surface area is 225 Å². The van der Waals surface area contributed by atoms with Gasteiger partial charge in [-0.15, -0.1) is 0 Å². The van der Waals surface area contributed by atoms with Crippen molar-refractivity contribution >= 4 is 16.6 Å². The monoisotopic (exact) mass is 510 g/mol. The fourth-order valence-electron chi connectivity index (χ4n) is 6.49. The maximum Gasteiger partial charge on any atom is 0.160 e. The SMILES string of the molecule is COc1ccc(C)c(N2CCc3nc(-c4c(C)ccc5[nH]nc(C)c45)nc(C4CC[C@@H](N(C)C)C4)c3C2)c1. The number of aromatic nitrogens is 4. The lowest BCUT2D eigenvalue weighted by molar-refractivity contribution is 0.296. The van der Waals surface area contributed by atoms with Gasteiger partial charge in [0.15, 0.2) is 5.82 Å². The molecule has 7 nitrogen and oxygen atoms in total. The van der Waals surface area contributed by atoms with Gasteiger partial charge in [0.1, 0.15) is 5.75 Å². The minimum atomic E-state index is 0.439. The molecule has 6 rings (SSSR count). The maximum atomic E-state index is 5.56. The molecule has 2 aliphatic rings. The number of hydrogen-bond donors (Lipinski definition) is 1. The Hall–Kier alpha value is -3.45. The number of nitrogens with one attached hydrogen (secondary N) is 1. The molecule has 1 unspecified atom stereocenters. The van der Waals surface area contributed by atoms with Crippen molar-refractivity contribution in [3.8, 4) is 17.1 Å². The molecule has 1 aliphatic heterocycles. The molecule has 3 heterocycles. The molecule has 1 fully saturated rings. The van der Waals surface area contributed by atoms with Crippen LogP contribution in [0.5, 0.6) is 5.75 Å². The van der Waals surface area contributed by atoms with Crippen LogP contribution >= 0.6 is 0 Å². The van der Waals surface area contributed by atoms with E-state index in [2.05, 4.69) is 79.1 Å². The number of H-pyrrole nitrogens is 1. The molecule has 0 amide bonds. The molecule has 2 aromatic heterocycles. The lowest BCUT2D eigenvalue weighted by Crippen LogP contribution is -2.33. The molecular weight excluding hydrogens is 472 g/mol. The van der Waals surface area contributed by atoms with Gasteiger partial charge < -0.3 is 14.5 Å². The number of aryl methyl sites for hydroxylation is 3. The molecule has 1 saturated carbocycles. The van der Waals surface area contributed by atoms with E-state index in [1.807, 2.05) is 6.07 Å². The first-order valence-electron chi connectivity index (χ1n) is 13.7. The number of anilines is 1. The van der Waals surface area contributed by atoms with Crippen molar-refractivity contribution < 1.29 is 4.74 Å². The lowest BCUT2D eigenvalue weighted by atomic mass is 9.92. The zero-order chi connectivity index (χ0) is 26.6. The largest absolute Gasteiger partial charge is 0.497 e. The van der Waals surface area contributed by atoms with Crippen molar-refractivity contribution in [1.82, 2.24) is 25.1 Å². The quantitative estimate of drug-likeness (QED) is 0.371. The molecule has 2 aromatic carbocycles. The number of benzene rings is 2. The van der Waals surface area contributed by atoms with Gasteiger partial charge in [-0.2, -0.15) is 5.10 Å². The van der Waals surface area contributed by atoms with Crippen LogP contribution in [-0.2, 0) is 13.0 Å². The molecule has 1 N–H and O–H groups in total. The second kappa shape index (κ2) is 9.70. The fraction of sp³-hybridized carbons (Fsp3) is 0.452. The van der Waals surface area contributed by atoms with Gasteiger partial charge in [-0.3, -0.25) is 5.10 Å². The van der Waals surface area contributed by atoms with Crippen LogP contribution in [0.2, 0.25) is 0 Å². The number of rotatable bonds is 5. The fourth-order valence-corrected chi connectivity index (χ4v) is 6.49. The van der Waals surface area contributed by atoms with Gasteiger partial charge >= 0.3 is 0 Å². The summed E-state index contributed by atoms with van der Waals surface area (Å²) in [6.07, 6.45) is 4.41. The van der Waals surface area contributed by atoms with E-state index >= 15 is 0 Å². The Morgan fingerprint density at radius 2 is 1.84 bits per heavy atom. The Morgan fingerprint density at radius 3 is 2.61 bits per heavy atom. The molecule has 2 atom stereocenters. The van der Waals surface area contributed by atoms with E-state index in [1.165, 1.54) is 40.2 Å². The molecule has 4 aromatic rings. The highest BCUT2D eigenvalue weighted by molar-refractivity contribution is 5.96. The first-order chi connectivity index (χ1) is 18.3. The number of fused-ring (bicyclic) bond motifs is 2. The van der Waals surface area contributed by atoms with Crippen molar-refractivity contribution in [3.63, 3.8) is 0 Å². The van der Waals surface area contributed by atoms with Crippen LogP contribution in [0.3, 0.4) is 0 Å². The standard InChI is InChI=1S/C31H38N6O/c1-18-7-11-23(38-6)16-27(18)37-14-13-25-24(17-37)30(21-9-10-22(15-21)36(4)5)33-31(32-25)28-19(2)8-12-26-29(28)20(3)34-35-26/h7-8,11-12,16,21-22H,9-10,13-15,17H2,1-6H3,(H,34,35)/t21?,22-/m1/s1. The van der Waals surface area contributed by atoms with Crippen LogP contribution in [0.4, 0.5) is 5.69 Å². The average Bonchev–Trinajstić information content (AvgIpc) is 3.56. The van der Waals surface area contributed by atoms with E-state index in [9.17, 15) is 0 Å². The first kappa shape index (κ1) is 24.9. The van der Waals surface area contributed by atoms with Crippen LogP contribution < -0.4 is 9.64 Å². The van der Waals surface area contributed by atoms with E-state index in [-0.39, 0.29) is 0 Å². The number of ether oxygens (including phenoxy) is 1. The van der Waals surface area contributed by atoms with E-state index < -0.39 is 0 Å². The van der Waals surface area contributed by atoms with Crippen molar-refractivity contribution in [1.29, 1.82) is 0 Å². The van der Waals surface area contributed by atoms with Crippen LogP contribution in [0.25, 0.3) is 22.3 Å². The maximum absolute atomic E-state index is 5.56. The van der Waals surface area contributed by atoms with Crippen LogP contribution in [0, 0.1) is 20.8 Å². The summed E-state index contributed by atoms with van der Waals surface area (Å²) in [5.41, 5.74) is 10.6. The van der Waals surface area contributed by atoms with Crippen molar-refractivity contribution in [2.75, 3.05) is 32.6 Å². The predicted octanol–water partition coefficient (Wildman–Crippen LogP) is 5.71. The number of methoxy groups -OCH3 is 1. The van der Waals surface area contributed by atoms with Crippen LogP contribution in [-0.4, -0.2) is 58.9 Å². The topological polar surface area (TPSA) is 70.2 Å². The summed E-state index contributed by atoms with van der Waals surface area (Å²) in [6, 6.07) is 11.2. The van der Waals surface area contributed by atoms with Gasteiger partial charge in [-0.1, -0.05) is 12.1 Å². The van der Waals surface area contributed by atoms with E-state index in [0.29, 0.717) is 12.0 Å². The third kappa shape index (κ3) is 4.23. The molecule has 0 spiro atoms. The van der Waals surface area contributed by atoms with Crippen LogP contribution in [0.15, 0.2) is 30.3 Å². The predicted molar refractivity (Wildman–Crippen MR) is 153 cm³/mol. The summed E-state index contributed by atoms with van der Waals surface area (Å²) in [4.78, 5) is 15.6. The van der Waals surface area contributed by atoms with Gasteiger partial charge in [0.05, 0.1) is 29.7 Å². The van der Waals surface area contributed by atoms with Crippen LogP contribution in [0.1, 0.15) is 59.0 Å². The molecule has 0 radical (unpaired) electrons. The van der Waals surface area contributed by atoms with E-state index in [0.717, 1.165) is 66.1 Å². The molecule has 1 aliphatic carbocycles. The average molecular weight is 511 g/mol. The zero-order valence-corrected chi connectivity index (χ0v) is 23.4. The highest BCUT2D eigenvalue weighted by Crippen LogP contribution is 2.41. The minimum Gasteiger partial charge on any atom is -0.497 e. The molecule has 0 bridgehead atoms. The lowest BCUT2D eigenvalue weighted by Gasteiger charge is -2.33. The van der Waals surface area contributed by atoms with Gasteiger partial charge in [-0.25, -0.2) is 9.97 Å². The molecule has 0 saturated heterocycles. The molecule has 198 valence electrons. The van der Waals surface area contributed by atoms with Gasteiger partial charge in [-0.05, 0) is 77.4 Å². The summed E-state index contributed by atoms with van der Waals surface area (Å²) in [5.74, 6) is 2.19. The second-order valence-electron chi connectivity index (χ2n) is 11.3. The third-order valence-corrected chi connectivity index (χ3v) is 8.71. The molecular formula is C31H38N6O. The number of aromatic amines is 1. The Bertz CT molecular complexity index is 1510. The summed E-state index contributed by atoms with van der Waals surface area (Å²) >= 11 is 0. The highest BCUT2D eigenvalue weighted by Gasteiger charge is 2.33. The number of nitrogens with zero attached hydrogens (tertiary/aromatic N) is 5. The molecule has 7 heteroatoms. The zero-order valence-electron chi connectivity index (χ0n) is 23.4. The van der Waals surface area contributed by atoms with Crippen molar-refractivity contribution in [2.24, 2.45) is 0 Å². The molecule has 38 heavy (non-hydrogen) atoms. The second-order valence-corrected chi connectivity index (χ2v) is 11.3. The van der Waals surface area contributed by atoms with Gasteiger partial charge in [0.2, 0.25) is 0 Å².